The molecule has 2 N–H and O–H groups in total. The van der Waals surface area contributed by atoms with Crippen LogP contribution < -0.4 is 10.3 Å². The van der Waals surface area contributed by atoms with Gasteiger partial charge in [-0.15, -0.1) is 0 Å². The van der Waals surface area contributed by atoms with Gasteiger partial charge in [0.05, 0.1) is 18.7 Å². The number of carbonyl (C=O) groups is 1. The summed E-state index contributed by atoms with van der Waals surface area (Å²) in [6.45, 7) is 4.65. The van der Waals surface area contributed by atoms with Gasteiger partial charge in [-0.1, -0.05) is 26.0 Å². The number of hydrogen-bond acceptors (Lipinski definition) is 4. The molecule has 0 bridgehead atoms. The van der Waals surface area contributed by atoms with Crippen molar-refractivity contribution in [1.82, 2.24) is 10.2 Å². The van der Waals surface area contributed by atoms with E-state index in [2.05, 4.69) is 10.2 Å². The fourth-order valence-corrected chi connectivity index (χ4v) is 1.94. The highest BCUT2D eigenvalue weighted by Crippen LogP contribution is 2.28. The molecule has 1 aromatic heterocycles. The number of aromatic nitrogens is 2. The maximum atomic E-state index is 11.6. The molecule has 0 saturated carbocycles. The minimum Gasteiger partial charge on any atom is -0.493 e. The van der Waals surface area contributed by atoms with Crippen LogP contribution in [0.15, 0.2) is 35.1 Å². The minimum absolute atomic E-state index is 0.163. The first kappa shape index (κ1) is 15.8. The summed E-state index contributed by atoms with van der Waals surface area (Å²) >= 11 is 0. The monoisotopic (exact) mass is 302 g/mol. The average molecular weight is 302 g/mol. The normalized spacial score (nSPS) is 10.7. The second-order valence-corrected chi connectivity index (χ2v) is 5.38. The molecule has 0 atom stereocenters. The zero-order chi connectivity index (χ0) is 16.1. The Labute approximate surface area is 127 Å². The third-order valence-electron chi connectivity index (χ3n) is 2.96. The van der Waals surface area contributed by atoms with Gasteiger partial charge < -0.3 is 9.84 Å². The third-order valence-corrected chi connectivity index (χ3v) is 2.96. The minimum atomic E-state index is -1.06. The molecule has 0 spiro atoms. The van der Waals surface area contributed by atoms with E-state index in [0.29, 0.717) is 29.5 Å². The SMILES string of the molecule is CC(C)COc1ccccc1-c1cc(CC(=O)O)c(=O)[nH]n1. The average Bonchev–Trinajstić information content (AvgIpc) is 2.47. The number of para-hydroxylation sites is 1. The molecule has 0 saturated heterocycles. The smallest absolute Gasteiger partial charge is 0.308 e. The molecule has 0 aliphatic heterocycles. The Morgan fingerprint density at radius 1 is 1.36 bits per heavy atom. The highest BCUT2D eigenvalue weighted by Gasteiger charge is 2.12. The molecule has 0 fully saturated rings. The number of hydrogen-bond donors (Lipinski definition) is 2. The number of rotatable bonds is 6. The van der Waals surface area contributed by atoms with Crippen LogP contribution in [0.2, 0.25) is 0 Å². The van der Waals surface area contributed by atoms with E-state index in [1.54, 1.807) is 0 Å². The number of aliphatic carboxylic acids is 1. The molecule has 0 amide bonds. The van der Waals surface area contributed by atoms with Gasteiger partial charge in [-0.2, -0.15) is 5.10 Å². The van der Waals surface area contributed by atoms with Crippen LogP contribution in [-0.2, 0) is 11.2 Å². The van der Waals surface area contributed by atoms with Crippen molar-refractivity contribution in [3.8, 4) is 17.0 Å². The van der Waals surface area contributed by atoms with Crippen molar-refractivity contribution >= 4 is 5.97 Å². The molecule has 1 heterocycles. The van der Waals surface area contributed by atoms with E-state index >= 15 is 0 Å². The number of carboxylic acids is 1. The summed E-state index contributed by atoms with van der Waals surface area (Å²) in [5.74, 6) is -0.0387. The highest BCUT2D eigenvalue weighted by atomic mass is 16.5. The van der Waals surface area contributed by atoms with Crippen molar-refractivity contribution in [3.05, 3.63) is 46.2 Å². The lowest BCUT2D eigenvalue weighted by molar-refractivity contribution is -0.136. The fraction of sp³-hybridized carbons (Fsp3) is 0.312. The van der Waals surface area contributed by atoms with Crippen LogP contribution in [0.5, 0.6) is 5.75 Å². The maximum absolute atomic E-state index is 11.6. The Hall–Kier alpha value is -2.63. The van der Waals surface area contributed by atoms with Gasteiger partial charge >= 0.3 is 5.97 Å². The summed E-state index contributed by atoms with van der Waals surface area (Å²) in [5, 5.41) is 15.2. The standard InChI is InChI=1S/C16H18N2O4/c1-10(2)9-22-14-6-4-3-5-12(14)13-7-11(8-15(19)20)16(21)18-17-13/h3-7,10H,8-9H2,1-2H3,(H,18,21)(H,19,20). The summed E-state index contributed by atoms with van der Waals surface area (Å²) in [7, 11) is 0. The molecule has 0 aliphatic carbocycles. The molecule has 2 rings (SSSR count). The molecule has 0 aliphatic rings. The summed E-state index contributed by atoms with van der Waals surface area (Å²) < 4.78 is 5.76. The highest BCUT2D eigenvalue weighted by molar-refractivity contribution is 5.72. The van der Waals surface area contributed by atoms with Gasteiger partial charge in [-0.05, 0) is 24.1 Å². The van der Waals surface area contributed by atoms with Crippen molar-refractivity contribution in [3.63, 3.8) is 0 Å². The summed E-state index contributed by atoms with van der Waals surface area (Å²) in [5.41, 5.74) is 0.865. The van der Waals surface area contributed by atoms with E-state index in [0.717, 1.165) is 0 Å². The fourth-order valence-electron chi connectivity index (χ4n) is 1.94. The molecule has 22 heavy (non-hydrogen) atoms. The number of aromatic amines is 1. The van der Waals surface area contributed by atoms with E-state index in [4.69, 9.17) is 9.84 Å². The van der Waals surface area contributed by atoms with E-state index < -0.39 is 11.5 Å². The second kappa shape index (κ2) is 6.89. The molecule has 0 unspecified atom stereocenters. The molecule has 6 heteroatoms. The first-order valence-corrected chi connectivity index (χ1v) is 7.00. The van der Waals surface area contributed by atoms with E-state index in [9.17, 15) is 9.59 Å². The maximum Gasteiger partial charge on any atom is 0.308 e. The van der Waals surface area contributed by atoms with E-state index in [-0.39, 0.29) is 12.0 Å². The topological polar surface area (TPSA) is 92.3 Å². The predicted molar refractivity (Wildman–Crippen MR) is 82.0 cm³/mol. The van der Waals surface area contributed by atoms with Gasteiger partial charge in [-0.25, -0.2) is 5.10 Å². The van der Waals surface area contributed by atoms with Crippen LogP contribution in [0.1, 0.15) is 19.4 Å². The van der Waals surface area contributed by atoms with Gasteiger partial charge in [0.25, 0.3) is 5.56 Å². The lowest BCUT2D eigenvalue weighted by Crippen LogP contribution is -2.17. The first-order valence-electron chi connectivity index (χ1n) is 7.00. The van der Waals surface area contributed by atoms with Crippen LogP contribution in [0, 0.1) is 5.92 Å². The molecule has 0 radical (unpaired) electrons. The molecule has 2 aromatic rings. The number of ether oxygens (including phenoxy) is 1. The Kier molecular flexibility index (Phi) is 4.93. The Balaban J connectivity index is 2.39. The van der Waals surface area contributed by atoms with Crippen molar-refractivity contribution in [2.75, 3.05) is 6.61 Å². The van der Waals surface area contributed by atoms with Crippen LogP contribution in [0.3, 0.4) is 0 Å². The molecule has 6 nitrogen and oxygen atoms in total. The first-order chi connectivity index (χ1) is 10.5. The van der Waals surface area contributed by atoms with Crippen LogP contribution in [0.25, 0.3) is 11.3 Å². The van der Waals surface area contributed by atoms with Gasteiger partial charge in [0.1, 0.15) is 5.75 Å². The van der Waals surface area contributed by atoms with Crippen molar-refractivity contribution in [1.29, 1.82) is 0 Å². The van der Waals surface area contributed by atoms with E-state index in [1.165, 1.54) is 6.07 Å². The Bertz CT molecular complexity index is 722. The zero-order valence-corrected chi connectivity index (χ0v) is 12.5. The van der Waals surface area contributed by atoms with Crippen LogP contribution in [-0.4, -0.2) is 27.9 Å². The summed E-state index contributed by atoms with van der Waals surface area (Å²) in [4.78, 5) is 22.4. The number of nitrogens with zero attached hydrogens (tertiary/aromatic N) is 1. The van der Waals surface area contributed by atoms with Crippen molar-refractivity contribution in [2.45, 2.75) is 20.3 Å². The zero-order valence-electron chi connectivity index (χ0n) is 12.5. The Morgan fingerprint density at radius 2 is 2.09 bits per heavy atom. The van der Waals surface area contributed by atoms with Gasteiger partial charge in [-0.3, -0.25) is 9.59 Å². The van der Waals surface area contributed by atoms with Crippen molar-refractivity contribution < 1.29 is 14.6 Å². The van der Waals surface area contributed by atoms with Gasteiger partial charge in [0.15, 0.2) is 0 Å². The molecular weight excluding hydrogens is 284 g/mol. The van der Waals surface area contributed by atoms with E-state index in [1.807, 2.05) is 38.1 Å². The third kappa shape index (κ3) is 3.94. The Morgan fingerprint density at radius 3 is 2.77 bits per heavy atom. The van der Waals surface area contributed by atoms with Crippen molar-refractivity contribution in [2.24, 2.45) is 5.92 Å². The predicted octanol–water partition coefficient (Wildman–Crippen LogP) is 2.10. The number of benzene rings is 1. The summed E-state index contributed by atoms with van der Waals surface area (Å²) in [6.07, 6.45) is -0.347. The number of carboxylic acid groups (broad SMARTS) is 1. The largest absolute Gasteiger partial charge is 0.493 e. The summed E-state index contributed by atoms with van der Waals surface area (Å²) in [6, 6.07) is 8.82. The number of H-pyrrole nitrogens is 1. The number of nitrogens with one attached hydrogen (secondary N) is 1. The molecule has 1 aromatic carbocycles. The quantitative estimate of drug-likeness (QED) is 0.852. The lowest BCUT2D eigenvalue weighted by atomic mass is 10.1. The van der Waals surface area contributed by atoms with Crippen LogP contribution in [0.4, 0.5) is 0 Å². The molecule has 116 valence electrons. The van der Waals surface area contributed by atoms with Gasteiger partial charge in [0.2, 0.25) is 0 Å². The lowest BCUT2D eigenvalue weighted by Gasteiger charge is -2.12. The van der Waals surface area contributed by atoms with Crippen LogP contribution >= 0.6 is 0 Å². The molecular formula is C16H18N2O4. The van der Waals surface area contributed by atoms with Gasteiger partial charge in [0, 0.05) is 11.1 Å². The second-order valence-electron chi connectivity index (χ2n) is 5.38.